The van der Waals surface area contributed by atoms with Crippen LogP contribution in [0.2, 0.25) is 0 Å². The Kier molecular flexibility index (Phi) is 6.43. The summed E-state index contributed by atoms with van der Waals surface area (Å²) in [4.78, 5) is 19.2. The Morgan fingerprint density at radius 1 is 1.34 bits per heavy atom. The van der Waals surface area contributed by atoms with Crippen LogP contribution >= 0.6 is 11.3 Å². The number of nitrogens with one attached hydrogen (secondary N) is 2. The van der Waals surface area contributed by atoms with Crippen LogP contribution in [0.3, 0.4) is 0 Å². The van der Waals surface area contributed by atoms with Crippen LogP contribution in [-0.4, -0.2) is 40.4 Å². The van der Waals surface area contributed by atoms with E-state index in [0.717, 1.165) is 34.2 Å². The molecule has 32 heavy (non-hydrogen) atoms. The number of hydrogen-bond donors (Lipinski definition) is 4. The van der Waals surface area contributed by atoms with Crippen LogP contribution in [0.4, 0.5) is 10.8 Å². The summed E-state index contributed by atoms with van der Waals surface area (Å²) in [5.74, 6) is -0.0770. The van der Waals surface area contributed by atoms with Gasteiger partial charge in [-0.1, -0.05) is 38.1 Å². The highest BCUT2D eigenvalue weighted by molar-refractivity contribution is 7.15. The van der Waals surface area contributed by atoms with Crippen molar-refractivity contribution < 1.29 is 15.0 Å². The summed E-state index contributed by atoms with van der Waals surface area (Å²) in [6.45, 7) is 8.52. The summed E-state index contributed by atoms with van der Waals surface area (Å²) in [5, 5.41) is 28.3. The number of thiazole rings is 1. The zero-order chi connectivity index (χ0) is 22.9. The number of fused-ring (bicyclic) bond motifs is 2. The number of aliphatic hydroxyl groups is 2. The maximum atomic E-state index is 13.1. The third-order valence-corrected chi connectivity index (χ3v) is 8.79. The predicted molar refractivity (Wildman–Crippen MR) is 129 cm³/mol. The van der Waals surface area contributed by atoms with Crippen LogP contribution in [0.1, 0.15) is 49.6 Å². The topological polar surface area (TPSA) is 94.5 Å². The van der Waals surface area contributed by atoms with Crippen molar-refractivity contribution in [2.45, 2.75) is 51.6 Å². The highest BCUT2D eigenvalue weighted by atomic mass is 32.1. The van der Waals surface area contributed by atoms with Gasteiger partial charge in [0.25, 0.3) is 0 Å². The Morgan fingerprint density at radius 3 is 2.78 bits per heavy atom. The smallest absolute Gasteiger partial charge is 0.225 e. The number of aliphatic hydroxyl groups excluding tert-OH is 2. The van der Waals surface area contributed by atoms with Crippen molar-refractivity contribution in [3.05, 3.63) is 53.6 Å². The summed E-state index contributed by atoms with van der Waals surface area (Å²) < 4.78 is 0. The van der Waals surface area contributed by atoms with E-state index in [2.05, 4.69) is 24.1 Å². The third kappa shape index (κ3) is 3.98. The van der Waals surface area contributed by atoms with Gasteiger partial charge in [-0.05, 0) is 42.7 Å². The standard InChI is InChI=1S/C25H33N3O3S/c1-4-12-26-23-28-22-17(13-21(31)27-16-8-6-5-7-9-16)24(2)11-10-20(30)25(3,15-29)19(24)14-18(22)32-23/h4-9,17,19-20,29-30H,1,10-15H2,2-3H3,(H,26,28)(H,27,31). The van der Waals surface area contributed by atoms with Crippen LogP contribution < -0.4 is 10.6 Å². The van der Waals surface area contributed by atoms with Gasteiger partial charge in [-0.25, -0.2) is 4.98 Å². The molecule has 4 N–H and O–H groups in total. The zero-order valence-corrected chi connectivity index (χ0v) is 19.6. The molecular weight excluding hydrogens is 422 g/mol. The molecule has 5 unspecified atom stereocenters. The number of carbonyl (C=O) groups is 1. The molecule has 6 nitrogen and oxygen atoms in total. The van der Waals surface area contributed by atoms with Gasteiger partial charge in [0, 0.05) is 34.9 Å². The molecule has 2 aliphatic carbocycles. The number of carbonyl (C=O) groups excluding carboxylic acids is 1. The number of amides is 1. The predicted octanol–water partition coefficient (Wildman–Crippen LogP) is 4.19. The number of anilines is 2. The lowest BCUT2D eigenvalue weighted by atomic mass is 9.47. The summed E-state index contributed by atoms with van der Waals surface area (Å²) in [6.07, 6.45) is 3.72. The first kappa shape index (κ1) is 23.0. The van der Waals surface area contributed by atoms with Gasteiger partial charge in [-0.15, -0.1) is 17.9 Å². The fourth-order valence-corrected chi connectivity index (χ4v) is 6.88. The first-order chi connectivity index (χ1) is 15.3. The van der Waals surface area contributed by atoms with Crippen molar-refractivity contribution in [2.75, 3.05) is 23.8 Å². The lowest BCUT2D eigenvalue weighted by molar-refractivity contribution is -0.143. The van der Waals surface area contributed by atoms with E-state index in [-0.39, 0.29) is 29.8 Å². The zero-order valence-electron chi connectivity index (χ0n) is 18.8. The van der Waals surface area contributed by atoms with Crippen molar-refractivity contribution in [3.63, 3.8) is 0 Å². The van der Waals surface area contributed by atoms with E-state index < -0.39 is 11.5 Å². The van der Waals surface area contributed by atoms with Gasteiger partial charge in [-0.2, -0.15) is 0 Å². The molecule has 2 aromatic rings. The van der Waals surface area contributed by atoms with Crippen molar-refractivity contribution >= 4 is 28.1 Å². The lowest BCUT2D eigenvalue weighted by Gasteiger charge is -2.58. The van der Waals surface area contributed by atoms with E-state index in [1.165, 1.54) is 0 Å². The van der Waals surface area contributed by atoms with Crippen molar-refractivity contribution in [1.82, 2.24) is 4.98 Å². The minimum atomic E-state index is -0.614. The maximum absolute atomic E-state index is 13.1. The molecule has 1 amide bonds. The fourth-order valence-electron chi connectivity index (χ4n) is 5.80. The average molecular weight is 456 g/mol. The second kappa shape index (κ2) is 8.96. The molecular formula is C25H33N3O3S. The molecule has 1 aromatic carbocycles. The van der Waals surface area contributed by atoms with E-state index in [9.17, 15) is 15.0 Å². The van der Waals surface area contributed by atoms with E-state index in [4.69, 9.17) is 4.98 Å². The first-order valence-electron chi connectivity index (χ1n) is 11.3. The van der Waals surface area contributed by atoms with Crippen LogP contribution in [0, 0.1) is 16.7 Å². The van der Waals surface area contributed by atoms with Gasteiger partial charge in [0.05, 0.1) is 18.4 Å². The lowest BCUT2D eigenvalue weighted by Crippen LogP contribution is -2.57. The molecule has 0 aliphatic heterocycles. The van der Waals surface area contributed by atoms with E-state index in [1.807, 2.05) is 37.3 Å². The molecule has 0 spiro atoms. The minimum absolute atomic E-state index is 0.0422. The molecule has 1 fully saturated rings. The van der Waals surface area contributed by atoms with Gasteiger partial charge in [0.15, 0.2) is 5.13 Å². The van der Waals surface area contributed by atoms with E-state index >= 15 is 0 Å². The number of para-hydroxylation sites is 1. The van der Waals surface area contributed by atoms with Crippen LogP contribution in [-0.2, 0) is 11.2 Å². The summed E-state index contributed by atoms with van der Waals surface area (Å²) in [6, 6.07) is 9.49. The molecule has 7 heteroatoms. The van der Waals surface area contributed by atoms with Gasteiger partial charge in [0.1, 0.15) is 0 Å². The molecule has 0 bridgehead atoms. The number of benzene rings is 1. The van der Waals surface area contributed by atoms with Crippen molar-refractivity contribution in [2.24, 2.45) is 16.7 Å². The van der Waals surface area contributed by atoms with Gasteiger partial charge in [-0.3, -0.25) is 4.79 Å². The molecule has 1 aromatic heterocycles. The van der Waals surface area contributed by atoms with Gasteiger partial charge >= 0.3 is 0 Å². The van der Waals surface area contributed by atoms with Crippen molar-refractivity contribution in [1.29, 1.82) is 0 Å². The monoisotopic (exact) mass is 455 g/mol. The van der Waals surface area contributed by atoms with Gasteiger partial charge in [0.2, 0.25) is 5.91 Å². The van der Waals surface area contributed by atoms with Crippen LogP contribution in [0.5, 0.6) is 0 Å². The minimum Gasteiger partial charge on any atom is -0.396 e. The number of rotatable bonds is 7. The quantitative estimate of drug-likeness (QED) is 0.470. The molecule has 2 aliphatic rings. The van der Waals surface area contributed by atoms with Crippen LogP contribution in [0.15, 0.2) is 43.0 Å². The Labute approximate surface area is 193 Å². The van der Waals surface area contributed by atoms with E-state index in [0.29, 0.717) is 19.4 Å². The maximum Gasteiger partial charge on any atom is 0.225 e. The Hall–Kier alpha value is -2.22. The highest BCUT2D eigenvalue weighted by Crippen LogP contribution is 2.62. The molecule has 1 heterocycles. The molecule has 5 atom stereocenters. The summed E-state index contributed by atoms with van der Waals surface area (Å²) in [5.41, 5.74) is 0.903. The molecule has 1 saturated carbocycles. The normalized spacial score (nSPS) is 31.3. The molecule has 4 rings (SSSR count). The molecule has 0 saturated heterocycles. The highest BCUT2D eigenvalue weighted by Gasteiger charge is 2.59. The SMILES string of the molecule is C=CCNc1nc2c(s1)CC1C(C)(CO)C(O)CCC1(C)C2CC(=O)Nc1ccccc1. The second-order valence-corrected chi connectivity index (χ2v) is 10.7. The average Bonchev–Trinajstić information content (AvgIpc) is 3.20. The Morgan fingerprint density at radius 2 is 2.09 bits per heavy atom. The Bertz CT molecular complexity index is 978. The molecule has 0 radical (unpaired) electrons. The summed E-state index contributed by atoms with van der Waals surface area (Å²) >= 11 is 1.61. The third-order valence-electron chi connectivity index (χ3n) is 7.74. The fraction of sp³-hybridized carbons (Fsp3) is 0.520. The molecule has 172 valence electrons. The van der Waals surface area contributed by atoms with Crippen LogP contribution in [0.25, 0.3) is 0 Å². The van der Waals surface area contributed by atoms with Crippen molar-refractivity contribution in [3.8, 4) is 0 Å². The number of aromatic nitrogens is 1. The van der Waals surface area contributed by atoms with E-state index in [1.54, 1.807) is 17.4 Å². The number of hydrogen-bond acceptors (Lipinski definition) is 6. The number of nitrogens with zero attached hydrogens (tertiary/aromatic N) is 1. The summed E-state index contributed by atoms with van der Waals surface area (Å²) in [7, 11) is 0. The first-order valence-corrected chi connectivity index (χ1v) is 12.1. The second-order valence-electron chi connectivity index (χ2n) is 9.65. The van der Waals surface area contributed by atoms with Gasteiger partial charge < -0.3 is 20.8 Å². The Balaban J connectivity index is 1.70. The largest absolute Gasteiger partial charge is 0.396 e.